The molecule has 0 aliphatic heterocycles. The summed E-state index contributed by atoms with van der Waals surface area (Å²) >= 11 is 1.24. The first-order valence-corrected chi connectivity index (χ1v) is 9.19. The molecule has 3 amide bonds. The molecule has 2 aromatic rings. The summed E-state index contributed by atoms with van der Waals surface area (Å²) in [6.07, 6.45) is 0. The number of benzene rings is 2. The first-order chi connectivity index (χ1) is 12.4. The van der Waals surface area contributed by atoms with E-state index in [0.29, 0.717) is 11.4 Å². The summed E-state index contributed by atoms with van der Waals surface area (Å²) in [4.78, 5) is 34.7. The second-order valence-corrected chi connectivity index (χ2v) is 6.70. The number of amides is 3. The highest BCUT2D eigenvalue weighted by molar-refractivity contribution is 8.00. The maximum Gasteiger partial charge on any atom is 0.234 e. The lowest BCUT2D eigenvalue weighted by molar-refractivity contribution is -0.115. The Labute approximate surface area is 156 Å². The normalized spacial score (nSPS) is 10.1. The Morgan fingerprint density at radius 2 is 1.12 bits per heavy atom. The third-order valence-corrected chi connectivity index (χ3v) is 4.22. The molecular weight excluding hydrogens is 350 g/mol. The third-order valence-electron chi connectivity index (χ3n) is 3.29. The van der Waals surface area contributed by atoms with E-state index in [2.05, 4.69) is 16.0 Å². The van der Waals surface area contributed by atoms with Gasteiger partial charge in [-0.1, -0.05) is 17.7 Å². The molecule has 0 aliphatic carbocycles. The quantitative estimate of drug-likeness (QED) is 0.697. The van der Waals surface area contributed by atoms with E-state index in [-0.39, 0.29) is 29.2 Å². The molecule has 2 aromatic carbocycles. The molecule has 0 bridgehead atoms. The van der Waals surface area contributed by atoms with Gasteiger partial charge in [-0.15, -0.1) is 11.8 Å². The van der Waals surface area contributed by atoms with Crippen LogP contribution in [0.3, 0.4) is 0 Å². The van der Waals surface area contributed by atoms with Crippen molar-refractivity contribution in [1.29, 1.82) is 0 Å². The number of rotatable bonds is 7. The van der Waals surface area contributed by atoms with Crippen molar-refractivity contribution in [2.45, 2.75) is 13.8 Å². The van der Waals surface area contributed by atoms with Gasteiger partial charge in [0.05, 0.1) is 11.5 Å². The van der Waals surface area contributed by atoms with Gasteiger partial charge < -0.3 is 16.0 Å². The Hall–Kier alpha value is -2.80. The van der Waals surface area contributed by atoms with Gasteiger partial charge in [0.2, 0.25) is 17.7 Å². The van der Waals surface area contributed by atoms with Crippen molar-refractivity contribution >= 4 is 46.5 Å². The van der Waals surface area contributed by atoms with Crippen molar-refractivity contribution in [2.75, 3.05) is 27.5 Å². The Morgan fingerprint density at radius 1 is 0.731 bits per heavy atom. The van der Waals surface area contributed by atoms with Crippen molar-refractivity contribution in [1.82, 2.24) is 0 Å². The van der Waals surface area contributed by atoms with Gasteiger partial charge in [0.1, 0.15) is 0 Å². The smallest absolute Gasteiger partial charge is 0.234 e. The fourth-order valence-electron chi connectivity index (χ4n) is 2.11. The minimum atomic E-state index is -0.189. The maximum absolute atomic E-state index is 11.9. The molecule has 2 rings (SSSR count). The van der Waals surface area contributed by atoms with E-state index < -0.39 is 0 Å². The Morgan fingerprint density at radius 3 is 1.54 bits per heavy atom. The summed E-state index contributed by atoms with van der Waals surface area (Å²) in [6, 6.07) is 14.4. The average molecular weight is 371 g/mol. The van der Waals surface area contributed by atoms with Crippen molar-refractivity contribution in [3.05, 3.63) is 54.1 Å². The fraction of sp³-hybridized carbons (Fsp3) is 0.211. The van der Waals surface area contributed by atoms with Gasteiger partial charge in [0, 0.05) is 24.0 Å². The lowest BCUT2D eigenvalue weighted by atomic mass is 10.2. The topological polar surface area (TPSA) is 87.3 Å². The maximum atomic E-state index is 11.9. The fourth-order valence-corrected chi connectivity index (χ4v) is 2.72. The first-order valence-electron chi connectivity index (χ1n) is 8.04. The summed E-state index contributed by atoms with van der Waals surface area (Å²) in [5.74, 6) is -0.115. The summed E-state index contributed by atoms with van der Waals surface area (Å²) < 4.78 is 0. The molecule has 0 unspecified atom stereocenters. The minimum Gasteiger partial charge on any atom is -0.326 e. The van der Waals surface area contributed by atoms with E-state index in [0.717, 1.165) is 11.3 Å². The molecule has 3 N–H and O–H groups in total. The van der Waals surface area contributed by atoms with E-state index in [9.17, 15) is 14.4 Å². The molecule has 0 aliphatic rings. The van der Waals surface area contributed by atoms with Crippen LogP contribution >= 0.6 is 11.8 Å². The molecule has 0 atom stereocenters. The highest BCUT2D eigenvalue weighted by atomic mass is 32.2. The zero-order valence-electron chi connectivity index (χ0n) is 14.7. The number of hydrogen-bond acceptors (Lipinski definition) is 4. The van der Waals surface area contributed by atoms with E-state index in [1.807, 2.05) is 31.2 Å². The molecule has 0 heterocycles. The molecule has 6 nitrogen and oxygen atoms in total. The van der Waals surface area contributed by atoms with Crippen LogP contribution in [0.15, 0.2) is 48.5 Å². The molecule has 0 saturated heterocycles. The number of nitrogens with one attached hydrogen (secondary N) is 3. The number of carbonyl (C=O) groups is 3. The second-order valence-electron chi connectivity index (χ2n) is 5.71. The van der Waals surface area contributed by atoms with Crippen molar-refractivity contribution in [3.8, 4) is 0 Å². The number of anilines is 3. The van der Waals surface area contributed by atoms with E-state index in [4.69, 9.17) is 0 Å². The standard InChI is InChI=1S/C19H21N3O3S/c1-13-3-5-16(6-4-13)21-18(24)11-26-12-19(25)22-17-9-7-15(8-10-17)20-14(2)23/h3-10H,11-12H2,1-2H3,(H,20,23)(H,21,24)(H,22,25). The van der Waals surface area contributed by atoms with Crippen LogP contribution in [0.5, 0.6) is 0 Å². The Balaban J connectivity index is 1.70. The molecular formula is C19H21N3O3S. The lowest BCUT2D eigenvalue weighted by Crippen LogP contribution is -2.18. The second kappa shape index (κ2) is 9.62. The van der Waals surface area contributed by atoms with Crippen LogP contribution in [-0.2, 0) is 14.4 Å². The van der Waals surface area contributed by atoms with Crippen LogP contribution in [0.25, 0.3) is 0 Å². The third kappa shape index (κ3) is 6.98. The van der Waals surface area contributed by atoms with Crippen LogP contribution in [-0.4, -0.2) is 29.2 Å². The zero-order chi connectivity index (χ0) is 18.9. The Bertz CT molecular complexity index is 774. The summed E-state index contributed by atoms with van der Waals surface area (Å²) in [5, 5.41) is 8.19. The highest BCUT2D eigenvalue weighted by Crippen LogP contribution is 2.14. The molecule has 0 radical (unpaired) electrons. The number of aryl methyl sites for hydroxylation is 1. The number of thioether (sulfide) groups is 1. The number of carbonyl (C=O) groups excluding carboxylic acids is 3. The minimum absolute atomic E-state index is 0.147. The van der Waals surface area contributed by atoms with Gasteiger partial charge in [0.25, 0.3) is 0 Å². The molecule has 7 heteroatoms. The van der Waals surface area contributed by atoms with Gasteiger partial charge >= 0.3 is 0 Å². The van der Waals surface area contributed by atoms with Crippen LogP contribution in [0.2, 0.25) is 0 Å². The SMILES string of the molecule is CC(=O)Nc1ccc(NC(=O)CSCC(=O)Nc2ccc(C)cc2)cc1. The molecule has 0 fully saturated rings. The van der Waals surface area contributed by atoms with Crippen LogP contribution in [0.4, 0.5) is 17.1 Å². The number of hydrogen-bond donors (Lipinski definition) is 3. The van der Waals surface area contributed by atoms with E-state index in [1.54, 1.807) is 24.3 Å². The van der Waals surface area contributed by atoms with Crippen LogP contribution < -0.4 is 16.0 Å². The average Bonchev–Trinajstić information content (AvgIpc) is 2.58. The van der Waals surface area contributed by atoms with Crippen LogP contribution in [0, 0.1) is 6.92 Å². The molecule has 0 aromatic heterocycles. The van der Waals surface area contributed by atoms with Gasteiger partial charge in [-0.05, 0) is 43.3 Å². The van der Waals surface area contributed by atoms with Crippen molar-refractivity contribution in [2.24, 2.45) is 0 Å². The highest BCUT2D eigenvalue weighted by Gasteiger charge is 2.07. The summed E-state index contributed by atoms with van der Waals surface area (Å²) in [5.41, 5.74) is 3.16. The van der Waals surface area contributed by atoms with Crippen molar-refractivity contribution in [3.63, 3.8) is 0 Å². The van der Waals surface area contributed by atoms with E-state index >= 15 is 0 Å². The largest absolute Gasteiger partial charge is 0.326 e. The predicted molar refractivity (Wildman–Crippen MR) is 107 cm³/mol. The van der Waals surface area contributed by atoms with Gasteiger partial charge in [-0.25, -0.2) is 0 Å². The Kier molecular flexibility index (Phi) is 7.23. The van der Waals surface area contributed by atoms with E-state index in [1.165, 1.54) is 18.7 Å². The molecule has 26 heavy (non-hydrogen) atoms. The monoisotopic (exact) mass is 371 g/mol. The lowest BCUT2D eigenvalue weighted by Gasteiger charge is -2.07. The van der Waals surface area contributed by atoms with Gasteiger partial charge in [-0.3, -0.25) is 14.4 Å². The molecule has 0 spiro atoms. The summed E-state index contributed by atoms with van der Waals surface area (Å²) in [7, 11) is 0. The van der Waals surface area contributed by atoms with Crippen LogP contribution in [0.1, 0.15) is 12.5 Å². The predicted octanol–water partition coefficient (Wildman–Crippen LogP) is 3.26. The first kappa shape index (κ1) is 19.5. The van der Waals surface area contributed by atoms with Gasteiger partial charge in [0.15, 0.2) is 0 Å². The van der Waals surface area contributed by atoms with Crippen molar-refractivity contribution < 1.29 is 14.4 Å². The van der Waals surface area contributed by atoms with Gasteiger partial charge in [-0.2, -0.15) is 0 Å². The molecule has 0 saturated carbocycles. The zero-order valence-corrected chi connectivity index (χ0v) is 15.5. The molecule has 136 valence electrons. The summed E-state index contributed by atoms with van der Waals surface area (Å²) in [6.45, 7) is 3.41.